The van der Waals surface area contributed by atoms with Gasteiger partial charge in [-0.2, -0.15) is 0 Å². The van der Waals surface area contributed by atoms with Crippen molar-refractivity contribution in [2.45, 2.75) is 67.2 Å². The number of rotatable bonds is 17. The minimum absolute atomic E-state index is 0.0176. The van der Waals surface area contributed by atoms with Gasteiger partial charge in [0.2, 0.25) is 11.8 Å². The molecule has 49 heavy (non-hydrogen) atoms. The number of likely N-dealkylation sites (tertiary alicyclic amines) is 1. The number of nitrogens with one attached hydrogen (secondary N) is 1. The lowest BCUT2D eigenvalue weighted by molar-refractivity contribution is -0.160. The number of nitrogens with zero attached hydrogens (tertiary/aromatic N) is 2. The van der Waals surface area contributed by atoms with Crippen LogP contribution in [-0.4, -0.2) is 82.5 Å². The van der Waals surface area contributed by atoms with Gasteiger partial charge >= 0.3 is 5.97 Å². The molecule has 3 saturated heterocycles. The molecule has 0 saturated carbocycles. The van der Waals surface area contributed by atoms with Crippen LogP contribution in [0.1, 0.15) is 50.2 Å². The largest absolute Gasteiger partial charge is 0.455 e. The third-order valence-electron chi connectivity index (χ3n) is 9.56. The van der Waals surface area contributed by atoms with Crippen LogP contribution in [0.15, 0.2) is 79.9 Å². The van der Waals surface area contributed by atoms with Gasteiger partial charge in [0.05, 0.1) is 35.2 Å². The van der Waals surface area contributed by atoms with E-state index in [1.807, 2.05) is 30.3 Å². The van der Waals surface area contributed by atoms with Gasteiger partial charge in [-0.05, 0) is 49.8 Å². The fraction of sp³-hybridized carbons (Fsp3) is 0.459. The Bertz CT molecular complexity index is 1540. The molecule has 0 aliphatic carbocycles. The number of allylic oxidation sites excluding steroid dienone is 1. The molecule has 262 valence electrons. The lowest BCUT2D eigenvalue weighted by Crippen LogP contribution is -2.57. The quantitative estimate of drug-likeness (QED) is 0.0993. The highest BCUT2D eigenvalue weighted by atomic mass is 79.9. The van der Waals surface area contributed by atoms with E-state index >= 15 is 0 Å². The summed E-state index contributed by atoms with van der Waals surface area (Å²) in [4.78, 5) is 58.7. The van der Waals surface area contributed by atoms with Crippen molar-refractivity contribution in [1.82, 2.24) is 10.2 Å². The number of alkyl halides is 1. The standard InChI is InChI=1S/C37H43BrClN3O7/c1-3-5-18-29(44)40-23-28(24-14-8-6-9-15-24)48-36(47)30-31-34(45)42(20-12-7-13-21-43)33(37(31)22-25(38)32(30)49-37)35(46)41(19-4-2)27-17-11-10-16-26(27)39/h3-4,6,8-11,14-17,25,28,30-33,43H,1-2,5,7,12-13,18-23H2,(H,40,44)/t25?,28-,30-,31+,32-,33-,37+/m1/s1. The molecule has 0 aromatic heterocycles. The lowest BCUT2D eigenvalue weighted by atomic mass is 9.70. The number of fused-ring (bicyclic) bond motifs is 1. The van der Waals surface area contributed by atoms with Crippen molar-refractivity contribution in [3.8, 4) is 0 Å². The zero-order valence-corrected chi connectivity index (χ0v) is 29.7. The summed E-state index contributed by atoms with van der Waals surface area (Å²) in [5.74, 6) is -3.54. The summed E-state index contributed by atoms with van der Waals surface area (Å²) in [6.45, 7) is 7.94. The Kier molecular flexibility index (Phi) is 12.4. The molecular weight excluding hydrogens is 714 g/mol. The maximum Gasteiger partial charge on any atom is 0.313 e. The molecule has 3 aliphatic rings. The van der Waals surface area contributed by atoms with Crippen molar-refractivity contribution in [2.75, 3.05) is 31.1 Å². The molecule has 1 unspecified atom stereocenters. The maximum absolute atomic E-state index is 14.8. The zero-order chi connectivity index (χ0) is 35.1. The molecule has 2 aromatic carbocycles. The molecule has 1 spiro atoms. The number of carbonyl (C=O) groups is 4. The minimum Gasteiger partial charge on any atom is -0.455 e. The Balaban J connectivity index is 1.48. The molecular formula is C37H43BrClN3O7. The Morgan fingerprint density at radius 3 is 2.55 bits per heavy atom. The zero-order valence-electron chi connectivity index (χ0n) is 27.3. The molecule has 5 rings (SSSR count). The minimum atomic E-state index is -1.31. The van der Waals surface area contributed by atoms with Crippen molar-refractivity contribution >= 4 is 56.9 Å². The number of para-hydroxylation sites is 1. The summed E-state index contributed by atoms with van der Waals surface area (Å²) >= 11 is 10.3. The molecule has 12 heteroatoms. The van der Waals surface area contributed by atoms with Crippen molar-refractivity contribution in [1.29, 1.82) is 0 Å². The van der Waals surface area contributed by atoms with Gasteiger partial charge in [0.25, 0.3) is 5.91 Å². The summed E-state index contributed by atoms with van der Waals surface area (Å²) in [5, 5.41) is 12.6. The van der Waals surface area contributed by atoms with Gasteiger partial charge in [0, 0.05) is 30.9 Å². The van der Waals surface area contributed by atoms with E-state index in [-0.39, 0.29) is 55.2 Å². The third kappa shape index (κ3) is 7.50. The SMILES string of the molecule is C=CCCC(=O)NC[C@@H](OC(=O)[C@H]1[C@@H]2O[C@@]3(CC2Br)[C@@H]1C(=O)N(CCCCCO)[C@@H]3C(=O)N(CC=C)c1ccccc1Cl)c1ccccc1. The molecule has 3 amide bonds. The van der Waals surface area contributed by atoms with Crippen LogP contribution in [0.3, 0.4) is 0 Å². The van der Waals surface area contributed by atoms with E-state index in [0.29, 0.717) is 48.4 Å². The number of hydrogen-bond acceptors (Lipinski definition) is 7. The van der Waals surface area contributed by atoms with Gasteiger partial charge in [-0.15, -0.1) is 13.2 Å². The van der Waals surface area contributed by atoms with Gasteiger partial charge in [-0.1, -0.05) is 82.1 Å². The van der Waals surface area contributed by atoms with Crippen molar-refractivity contribution < 1.29 is 33.8 Å². The lowest BCUT2D eigenvalue weighted by Gasteiger charge is -2.37. The highest BCUT2D eigenvalue weighted by molar-refractivity contribution is 9.09. The number of halogens is 2. The van der Waals surface area contributed by atoms with Crippen LogP contribution in [0.2, 0.25) is 5.02 Å². The smallest absolute Gasteiger partial charge is 0.313 e. The predicted molar refractivity (Wildman–Crippen MR) is 190 cm³/mol. The Morgan fingerprint density at radius 2 is 1.86 bits per heavy atom. The van der Waals surface area contributed by atoms with Crippen LogP contribution >= 0.6 is 27.5 Å². The summed E-state index contributed by atoms with van der Waals surface area (Å²) in [6.07, 6.45) is 4.55. The van der Waals surface area contributed by atoms with E-state index in [0.717, 1.165) is 0 Å². The fourth-order valence-electron chi connectivity index (χ4n) is 7.39. The van der Waals surface area contributed by atoms with E-state index in [9.17, 15) is 24.3 Å². The Morgan fingerprint density at radius 1 is 1.12 bits per heavy atom. The van der Waals surface area contributed by atoms with E-state index in [4.69, 9.17) is 21.1 Å². The second-order valence-corrected chi connectivity index (χ2v) is 14.2. The molecule has 10 nitrogen and oxygen atoms in total. The molecule has 3 fully saturated rings. The number of ether oxygens (including phenoxy) is 2. The summed E-state index contributed by atoms with van der Waals surface area (Å²) < 4.78 is 12.8. The number of aliphatic hydroxyl groups is 1. The van der Waals surface area contributed by atoms with Gasteiger partial charge in [-0.25, -0.2) is 0 Å². The van der Waals surface area contributed by atoms with E-state index in [1.54, 1.807) is 41.3 Å². The number of esters is 1. The van der Waals surface area contributed by atoms with Crippen LogP contribution < -0.4 is 10.2 Å². The number of unbranched alkanes of at least 4 members (excludes halogenated alkanes) is 2. The summed E-state index contributed by atoms with van der Waals surface area (Å²) in [5.41, 5.74) is -0.151. The summed E-state index contributed by atoms with van der Waals surface area (Å²) in [6, 6.07) is 15.0. The second kappa shape index (κ2) is 16.5. The average molecular weight is 757 g/mol. The van der Waals surface area contributed by atoms with Gasteiger partial charge < -0.3 is 29.7 Å². The maximum atomic E-state index is 14.8. The highest BCUT2D eigenvalue weighted by Gasteiger charge is 2.77. The van der Waals surface area contributed by atoms with Crippen LogP contribution in [0, 0.1) is 11.8 Å². The monoisotopic (exact) mass is 755 g/mol. The van der Waals surface area contributed by atoms with Gasteiger partial charge in [0.15, 0.2) is 0 Å². The normalized spacial score (nSPS) is 25.8. The molecule has 7 atom stereocenters. The van der Waals surface area contributed by atoms with Crippen LogP contribution in [-0.2, 0) is 28.7 Å². The van der Waals surface area contributed by atoms with E-state index in [2.05, 4.69) is 34.4 Å². The van der Waals surface area contributed by atoms with Crippen molar-refractivity contribution in [3.05, 3.63) is 90.5 Å². The number of anilines is 1. The average Bonchev–Trinajstić information content (AvgIpc) is 3.70. The third-order valence-corrected chi connectivity index (χ3v) is 10.7. The molecule has 3 aliphatic heterocycles. The highest BCUT2D eigenvalue weighted by Crippen LogP contribution is 2.60. The number of benzene rings is 2. The first-order chi connectivity index (χ1) is 23.7. The topological polar surface area (TPSA) is 125 Å². The number of hydrogen-bond donors (Lipinski definition) is 2. The van der Waals surface area contributed by atoms with Crippen molar-refractivity contribution in [2.24, 2.45) is 11.8 Å². The molecule has 2 N–H and O–H groups in total. The Hall–Kier alpha value is -3.51. The van der Waals surface area contributed by atoms with Gasteiger partial charge in [-0.3, -0.25) is 19.2 Å². The Labute approximate surface area is 300 Å². The van der Waals surface area contributed by atoms with Gasteiger partial charge in [0.1, 0.15) is 17.7 Å². The van der Waals surface area contributed by atoms with Crippen LogP contribution in [0.4, 0.5) is 5.69 Å². The predicted octanol–water partition coefficient (Wildman–Crippen LogP) is 5.14. The number of amides is 3. The van der Waals surface area contributed by atoms with E-state index in [1.165, 1.54) is 4.90 Å². The number of carbonyl (C=O) groups excluding carboxylic acids is 4. The fourth-order valence-corrected chi connectivity index (χ4v) is 8.57. The van der Waals surface area contributed by atoms with E-state index < -0.39 is 41.7 Å². The second-order valence-electron chi connectivity index (χ2n) is 12.6. The first kappa shape index (κ1) is 36.8. The first-order valence-electron chi connectivity index (χ1n) is 16.7. The molecule has 0 radical (unpaired) electrons. The number of aliphatic hydroxyl groups excluding tert-OH is 1. The van der Waals surface area contributed by atoms with Crippen LogP contribution in [0.25, 0.3) is 0 Å². The van der Waals surface area contributed by atoms with Crippen molar-refractivity contribution in [3.63, 3.8) is 0 Å². The molecule has 3 heterocycles. The molecule has 2 bridgehead atoms. The first-order valence-corrected chi connectivity index (χ1v) is 18.0. The summed E-state index contributed by atoms with van der Waals surface area (Å²) in [7, 11) is 0. The van der Waals surface area contributed by atoms with Crippen LogP contribution in [0.5, 0.6) is 0 Å². The molecule has 2 aromatic rings.